The molecule has 0 aliphatic carbocycles. The Bertz CT molecular complexity index is 705. The highest BCUT2D eigenvalue weighted by molar-refractivity contribution is 5.94. The number of methoxy groups -OCH3 is 1. The summed E-state index contributed by atoms with van der Waals surface area (Å²) in [4.78, 5) is 12.7. The van der Waals surface area contributed by atoms with Gasteiger partial charge in [-0.25, -0.2) is 0 Å². The second-order valence-electron chi connectivity index (χ2n) is 6.55. The fourth-order valence-corrected chi connectivity index (χ4v) is 2.69. The largest absolute Gasteiger partial charge is 0.497 e. The lowest BCUT2D eigenvalue weighted by Crippen LogP contribution is -2.29. The van der Waals surface area contributed by atoms with E-state index >= 15 is 0 Å². The third kappa shape index (κ3) is 5.66. The molecule has 1 N–H and O–H groups in total. The zero-order valence-corrected chi connectivity index (χ0v) is 15.7. The fourth-order valence-electron chi connectivity index (χ4n) is 2.69. The predicted molar refractivity (Wildman–Crippen MR) is 105 cm³/mol. The van der Waals surface area contributed by atoms with Gasteiger partial charge in [-0.1, -0.05) is 38.6 Å². The molecule has 2 rings (SSSR count). The minimum absolute atomic E-state index is 0.0508. The van der Waals surface area contributed by atoms with Gasteiger partial charge < -0.3 is 14.8 Å². The quantitative estimate of drug-likeness (QED) is 0.660. The van der Waals surface area contributed by atoms with Crippen LogP contribution in [0, 0.1) is 5.92 Å². The summed E-state index contributed by atoms with van der Waals surface area (Å²) in [5, 5.41) is 3.14. The Hall–Kier alpha value is -2.75. The molecule has 0 saturated heterocycles. The van der Waals surface area contributed by atoms with Gasteiger partial charge >= 0.3 is 0 Å². The maximum Gasteiger partial charge on any atom is 0.251 e. The summed E-state index contributed by atoms with van der Waals surface area (Å²) in [6, 6.07) is 14.9. The van der Waals surface area contributed by atoms with Crippen molar-refractivity contribution in [3.05, 3.63) is 72.3 Å². The summed E-state index contributed by atoms with van der Waals surface area (Å²) < 4.78 is 10.7. The number of carbonyl (C=O) groups is 1. The molecule has 2 aromatic carbocycles. The van der Waals surface area contributed by atoms with Gasteiger partial charge in [-0.05, 0) is 54.3 Å². The first-order valence-electron chi connectivity index (χ1n) is 8.82. The van der Waals surface area contributed by atoms with Gasteiger partial charge in [0.2, 0.25) is 0 Å². The topological polar surface area (TPSA) is 47.6 Å². The minimum Gasteiger partial charge on any atom is -0.497 e. The number of hydrogen-bond acceptors (Lipinski definition) is 3. The molecule has 26 heavy (non-hydrogen) atoms. The lowest BCUT2D eigenvalue weighted by atomic mass is 9.96. The number of benzene rings is 2. The van der Waals surface area contributed by atoms with E-state index < -0.39 is 0 Å². The lowest BCUT2D eigenvalue weighted by molar-refractivity contribution is 0.0932. The van der Waals surface area contributed by atoms with Crippen molar-refractivity contribution in [2.24, 2.45) is 5.92 Å². The Morgan fingerprint density at radius 1 is 1.08 bits per heavy atom. The van der Waals surface area contributed by atoms with Crippen LogP contribution in [0.3, 0.4) is 0 Å². The van der Waals surface area contributed by atoms with Crippen molar-refractivity contribution in [3.63, 3.8) is 0 Å². The van der Waals surface area contributed by atoms with Gasteiger partial charge in [-0.2, -0.15) is 0 Å². The normalized spacial score (nSPS) is 11.7. The average molecular weight is 353 g/mol. The summed E-state index contributed by atoms with van der Waals surface area (Å²) in [6.45, 7) is 8.36. The van der Waals surface area contributed by atoms with Crippen molar-refractivity contribution in [1.82, 2.24) is 5.32 Å². The molecule has 1 amide bonds. The minimum atomic E-state index is -0.0956. The molecule has 0 aliphatic heterocycles. The van der Waals surface area contributed by atoms with Crippen LogP contribution in [-0.2, 0) is 0 Å². The van der Waals surface area contributed by atoms with Gasteiger partial charge in [0.15, 0.2) is 0 Å². The molecular formula is C22H27NO3. The molecule has 1 atom stereocenters. The molecule has 0 aromatic heterocycles. The highest BCUT2D eigenvalue weighted by Gasteiger charge is 2.17. The molecule has 2 aromatic rings. The summed E-state index contributed by atoms with van der Waals surface area (Å²) in [5.74, 6) is 1.88. The molecule has 0 saturated carbocycles. The van der Waals surface area contributed by atoms with E-state index in [2.05, 4.69) is 25.7 Å². The number of rotatable bonds is 9. The van der Waals surface area contributed by atoms with Crippen LogP contribution in [0.2, 0.25) is 0 Å². The third-order valence-electron chi connectivity index (χ3n) is 4.01. The molecular weight excluding hydrogens is 326 g/mol. The van der Waals surface area contributed by atoms with Crippen molar-refractivity contribution in [1.29, 1.82) is 0 Å². The zero-order valence-electron chi connectivity index (χ0n) is 15.7. The van der Waals surface area contributed by atoms with Crippen molar-refractivity contribution < 1.29 is 14.3 Å². The summed E-state index contributed by atoms with van der Waals surface area (Å²) in [5.41, 5.74) is 1.68. The van der Waals surface area contributed by atoms with Crippen LogP contribution in [0.1, 0.15) is 42.2 Å². The van der Waals surface area contributed by atoms with Gasteiger partial charge in [-0.3, -0.25) is 4.79 Å². The predicted octanol–water partition coefficient (Wildman–Crippen LogP) is 4.78. The molecule has 0 radical (unpaired) electrons. The van der Waals surface area contributed by atoms with Crippen molar-refractivity contribution in [2.45, 2.75) is 26.3 Å². The Morgan fingerprint density at radius 3 is 2.23 bits per heavy atom. The van der Waals surface area contributed by atoms with Gasteiger partial charge in [-0.15, -0.1) is 0 Å². The van der Waals surface area contributed by atoms with Crippen molar-refractivity contribution >= 4 is 5.91 Å². The highest BCUT2D eigenvalue weighted by Crippen LogP contribution is 2.24. The van der Waals surface area contributed by atoms with Crippen LogP contribution in [0.4, 0.5) is 0 Å². The van der Waals surface area contributed by atoms with Gasteiger partial charge in [0.25, 0.3) is 5.91 Å². The molecule has 4 nitrogen and oxygen atoms in total. The summed E-state index contributed by atoms with van der Waals surface area (Å²) in [7, 11) is 1.64. The second kappa shape index (κ2) is 9.66. The van der Waals surface area contributed by atoms with Crippen LogP contribution in [0.25, 0.3) is 0 Å². The number of carbonyl (C=O) groups excluding carboxylic acids is 1. The third-order valence-corrected chi connectivity index (χ3v) is 4.01. The van der Waals surface area contributed by atoms with E-state index in [4.69, 9.17) is 9.47 Å². The van der Waals surface area contributed by atoms with Crippen molar-refractivity contribution in [3.8, 4) is 11.5 Å². The molecule has 0 unspecified atom stereocenters. The van der Waals surface area contributed by atoms with E-state index in [9.17, 15) is 4.79 Å². The number of nitrogens with one attached hydrogen (secondary N) is 1. The van der Waals surface area contributed by atoms with Gasteiger partial charge in [0.05, 0.1) is 13.2 Å². The Balaban J connectivity index is 2.10. The number of amides is 1. The van der Waals surface area contributed by atoms with Crippen LogP contribution in [-0.4, -0.2) is 19.6 Å². The number of ether oxygens (including phenoxy) is 2. The van der Waals surface area contributed by atoms with E-state index in [1.165, 1.54) is 0 Å². The molecule has 0 aliphatic rings. The van der Waals surface area contributed by atoms with Gasteiger partial charge in [0, 0.05) is 5.56 Å². The molecule has 0 heterocycles. The molecule has 0 fully saturated rings. The first kappa shape index (κ1) is 19.6. The first-order chi connectivity index (χ1) is 12.5. The van der Waals surface area contributed by atoms with E-state index in [-0.39, 0.29) is 11.9 Å². The van der Waals surface area contributed by atoms with Crippen LogP contribution >= 0.6 is 0 Å². The summed E-state index contributed by atoms with van der Waals surface area (Å²) in [6.07, 6.45) is 2.55. The zero-order chi connectivity index (χ0) is 18.9. The van der Waals surface area contributed by atoms with Gasteiger partial charge in [0.1, 0.15) is 18.1 Å². The average Bonchev–Trinajstić information content (AvgIpc) is 2.66. The van der Waals surface area contributed by atoms with Crippen LogP contribution < -0.4 is 14.8 Å². The van der Waals surface area contributed by atoms with E-state index in [0.717, 1.165) is 23.5 Å². The second-order valence-corrected chi connectivity index (χ2v) is 6.55. The highest BCUT2D eigenvalue weighted by atomic mass is 16.5. The first-order valence-corrected chi connectivity index (χ1v) is 8.82. The van der Waals surface area contributed by atoms with E-state index in [0.29, 0.717) is 18.1 Å². The smallest absolute Gasteiger partial charge is 0.251 e. The standard InChI is InChI=1S/C22H27NO3/c1-5-14-26-20-12-8-18(9-13-20)22(24)23-21(15-16(2)3)17-6-10-19(25-4)11-7-17/h5-13,16,21H,1,14-15H2,2-4H3,(H,23,24)/t21-/m0/s1. The fraction of sp³-hybridized carbons (Fsp3) is 0.318. The Labute approximate surface area is 155 Å². The lowest BCUT2D eigenvalue weighted by Gasteiger charge is -2.21. The molecule has 138 valence electrons. The van der Waals surface area contributed by atoms with E-state index in [1.807, 2.05) is 24.3 Å². The maximum atomic E-state index is 12.7. The van der Waals surface area contributed by atoms with E-state index in [1.54, 1.807) is 37.5 Å². The number of hydrogen-bond donors (Lipinski definition) is 1. The van der Waals surface area contributed by atoms with Crippen LogP contribution in [0.15, 0.2) is 61.2 Å². The van der Waals surface area contributed by atoms with Crippen LogP contribution in [0.5, 0.6) is 11.5 Å². The molecule has 0 bridgehead atoms. The monoisotopic (exact) mass is 353 g/mol. The SMILES string of the molecule is C=CCOc1ccc(C(=O)N[C@@H](CC(C)C)c2ccc(OC)cc2)cc1. The Morgan fingerprint density at radius 2 is 1.69 bits per heavy atom. The maximum absolute atomic E-state index is 12.7. The molecule has 0 spiro atoms. The molecule has 4 heteroatoms. The van der Waals surface area contributed by atoms with Crippen molar-refractivity contribution in [2.75, 3.05) is 13.7 Å². The summed E-state index contributed by atoms with van der Waals surface area (Å²) >= 11 is 0. The Kier molecular flexibility index (Phi) is 7.27.